The predicted molar refractivity (Wildman–Crippen MR) is 86.8 cm³/mol. The topological polar surface area (TPSA) is 73.2 Å². The molecule has 1 amide bonds. The number of nitrogens with one attached hydrogen (secondary N) is 1. The maximum atomic E-state index is 11.8. The first kappa shape index (κ1) is 16.5. The zero-order chi connectivity index (χ0) is 16.7. The van der Waals surface area contributed by atoms with Crippen molar-refractivity contribution >= 4 is 18.0 Å². The summed E-state index contributed by atoms with van der Waals surface area (Å²) in [6.07, 6.45) is 6.74. The van der Waals surface area contributed by atoms with Crippen LogP contribution in [0.15, 0.2) is 48.8 Å². The summed E-state index contributed by atoms with van der Waals surface area (Å²) in [6.45, 7) is 1.75. The third-order valence-corrected chi connectivity index (χ3v) is 3.14. The Morgan fingerprint density at radius 2 is 2.09 bits per heavy atom. The first-order chi connectivity index (χ1) is 11.1. The number of rotatable bonds is 6. The van der Waals surface area contributed by atoms with E-state index in [2.05, 4.69) is 15.2 Å². The van der Waals surface area contributed by atoms with Gasteiger partial charge in [0.15, 0.2) is 0 Å². The van der Waals surface area contributed by atoms with Crippen molar-refractivity contribution in [2.45, 2.75) is 19.4 Å². The number of nitrogens with zero attached hydrogens (tertiary/aromatic N) is 2. The van der Waals surface area contributed by atoms with E-state index in [-0.39, 0.29) is 24.3 Å². The summed E-state index contributed by atoms with van der Waals surface area (Å²) in [5, 5.41) is 6.95. The van der Waals surface area contributed by atoms with E-state index in [1.807, 2.05) is 36.5 Å². The maximum absolute atomic E-state index is 11.8. The van der Waals surface area contributed by atoms with Crippen molar-refractivity contribution in [2.75, 3.05) is 7.11 Å². The minimum atomic E-state index is -0.356. The summed E-state index contributed by atoms with van der Waals surface area (Å²) in [5.74, 6) is -0.625. The SMILES string of the molecule is COC(=O)CC(C)NC(=O)/C=C/c1cnn(-c2ccccc2)c1. The van der Waals surface area contributed by atoms with E-state index in [4.69, 9.17) is 0 Å². The first-order valence-corrected chi connectivity index (χ1v) is 7.24. The van der Waals surface area contributed by atoms with E-state index in [0.29, 0.717) is 0 Å². The lowest BCUT2D eigenvalue weighted by molar-refractivity contribution is -0.141. The number of amides is 1. The first-order valence-electron chi connectivity index (χ1n) is 7.24. The number of carbonyl (C=O) groups excluding carboxylic acids is 2. The molecule has 0 saturated carbocycles. The minimum Gasteiger partial charge on any atom is -0.469 e. The van der Waals surface area contributed by atoms with Crippen molar-refractivity contribution in [3.63, 3.8) is 0 Å². The summed E-state index contributed by atoms with van der Waals surface area (Å²) < 4.78 is 6.29. The van der Waals surface area contributed by atoms with E-state index in [1.54, 1.807) is 23.9 Å². The van der Waals surface area contributed by atoms with Crippen molar-refractivity contribution in [3.05, 3.63) is 54.4 Å². The van der Waals surface area contributed by atoms with Crippen LogP contribution in [0, 0.1) is 0 Å². The molecule has 1 aromatic heterocycles. The molecule has 6 heteroatoms. The Bertz CT molecular complexity index is 692. The maximum Gasteiger partial charge on any atom is 0.307 e. The molecule has 1 atom stereocenters. The lowest BCUT2D eigenvalue weighted by Gasteiger charge is -2.10. The van der Waals surface area contributed by atoms with Gasteiger partial charge in [-0.2, -0.15) is 5.10 Å². The van der Waals surface area contributed by atoms with Gasteiger partial charge in [-0.1, -0.05) is 18.2 Å². The van der Waals surface area contributed by atoms with Crippen LogP contribution >= 0.6 is 0 Å². The Labute approximate surface area is 134 Å². The zero-order valence-electron chi connectivity index (χ0n) is 13.1. The molecule has 6 nitrogen and oxygen atoms in total. The Morgan fingerprint density at radius 1 is 1.35 bits per heavy atom. The molecule has 1 unspecified atom stereocenters. The smallest absolute Gasteiger partial charge is 0.307 e. The Morgan fingerprint density at radius 3 is 2.78 bits per heavy atom. The van der Waals surface area contributed by atoms with Gasteiger partial charge in [-0.15, -0.1) is 0 Å². The van der Waals surface area contributed by atoms with Gasteiger partial charge < -0.3 is 10.1 Å². The third kappa shape index (κ3) is 5.10. The van der Waals surface area contributed by atoms with Crippen molar-refractivity contribution < 1.29 is 14.3 Å². The third-order valence-electron chi connectivity index (χ3n) is 3.14. The fourth-order valence-corrected chi connectivity index (χ4v) is 1.99. The fraction of sp³-hybridized carbons (Fsp3) is 0.235. The molecule has 0 aliphatic rings. The number of methoxy groups -OCH3 is 1. The van der Waals surface area contributed by atoms with Crippen LogP contribution in [0.5, 0.6) is 0 Å². The number of aromatic nitrogens is 2. The molecule has 2 aromatic rings. The van der Waals surface area contributed by atoms with E-state index in [9.17, 15) is 9.59 Å². The number of benzene rings is 1. The van der Waals surface area contributed by atoms with Gasteiger partial charge in [-0.3, -0.25) is 9.59 Å². The molecule has 0 radical (unpaired) electrons. The van der Waals surface area contributed by atoms with Crippen LogP contribution in [0.1, 0.15) is 18.9 Å². The van der Waals surface area contributed by atoms with Gasteiger partial charge in [0.1, 0.15) is 0 Å². The lowest BCUT2D eigenvalue weighted by atomic mass is 10.2. The number of ether oxygens (including phenoxy) is 1. The Balaban J connectivity index is 1.92. The summed E-state index contributed by atoms with van der Waals surface area (Å²) in [4.78, 5) is 22.9. The molecule has 2 rings (SSSR count). The van der Waals surface area contributed by atoms with Crippen LogP contribution in [0.2, 0.25) is 0 Å². The van der Waals surface area contributed by atoms with Crippen LogP contribution < -0.4 is 5.32 Å². The summed E-state index contributed by atoms with van der Waals surface area (Å²) in [7, 11) is 1.32. The second kappa shape index (κ2) is 7.93. The molecule has 23 heavy (non-hydrogen) atoms. The highest BCUT2D eigenvalue weighted by molar-refractivity contribution is 5.92. The van der Waals surface area contributed by atoms with Crippen LogP contribution in [0.25, 0.3) is 11.8 Å². The van der Waals surface area contributed by atoms with Gasteiger partial charge in [0, 0.05) is 23.9 Å². The lowest BCUT2D eigenvalue weighted by Crippen LogP contribution is -2.33. The molecule has 1 N–H and O–H groups in total. The molecule has 0 fully saturated rings. The van der Waals surface area contributed by atoms with Gasteiger partial charge in [0.25, 0.3) is 0 Å². The highest BCUT2D eigenvalue weighted by Gasteiger charge is 2.10. The largest absolute Gasteiger partial charge is 0.469 e. The predicted octanol–water partition coefficient (Wildman–Crippen LogP) is 1.95. The van der Waals surface area contributed by atoms with Crippen LogP contribution in [0.4, 0.5) is 0 Å². The quantitative estimate of drug-likeness (QED) is 0.653. The van der Waals surface area contributed by atoms with Gasteiger partial charge >= 0.3 is 5.97 Å². The number of carbonyl (C=O) groups is 2. The van der Waals surface area contributed by atoms with Crippen LogP contribution in [-0.4, -0.2) is 34.8 Å². The highest BCUT2D eigenvalue weighted by Crippen LogP contribution is 2.08. The Hall–Kier alpha value is -2.89. The van der Waals surface area contributed by atoms with Crippen molar-refractivity contribution in [1.29, 1.82) is 0 Å². The number of hydrogen-bond donors (Lipinski definition) is 1. The van der Waals surface area contributed by atoms with Gasteiger partial charge in [0.2, 0.25) is 5.91 Å². The molecular weight excluding hydrogens is 294 g/mol. The minimum absolute atomic E-state index is 0.141. The standard InChI is InChI=1S/C17H19N3O3/c1-13(10-17(22)23-2)19-16(21)9-8-14-11-18-20(12-14)15-6-4-3-5-7-15/h3-9,11-13H,10H2,1-2H3,(H,19,21)/b9-8+. The molecule has 120 valence electrons. The van der Waals surface area contributed by atoms with Crippen molar-refractivity contribution in [3.8, 4) is 5.69 Å². The van der Waals surface area contributed by atoms with Crippen molar-refractivity contribution in [2.24, 2.45) is 0 Å². The summed E-state index contributed by atoms with van der Waals surface area (Å²) in [6, 6.07) is 9.41. The summed E-state index contributed by atoms with van der Waals surface area (Å²) in [5.41, 5.74) is 1.76. The Kier molecular flexibility index (Phi) is 5.68. The second-order valence-electron chi connectivity index (χ2n) is 5.08. The average molecular weight is 313 g/mol. The monoisotopic (exact) mass is 313 g/mol. The molecule has 0 spiro atoms. The van der Waals surface area contributed by atoms with E-state index in [0.717, 1.165) is 11.3 Å². The van der Waals surface area contributed by atoms with Gasteiger partial charge in [0.05, 0.1) is 25.4 Å². The van der Waals surface area contributed by atoms with E-state index >= 15 is 0 Å². The fourth-order valence-electron chi connectivity index (χ4n) is 1.99. The second-order valence-corrected chi connectivity index (χ2v) is 5.08. The molecule has 1 aromatic carbocycles. The number of para-hydroxylation sites is 1. The number of esters is 1. The van der Waals surface area contributed by atoms with E-state index < -0.39 is 0 Å². The number of hydrogen-bond acceptors (Lipinski definition) is 4. The molecule has 1 heterocycles. The summed E-state index contributed by atoms with van der Waals surface area (Å²) >= 11 is 0. The van der Waals surface area contributed by atoms with Crippen LogP contribution in [-0.2, 0) is 14.3 Å². The van der Waals surface area contributed by atoms with Gasteiger partial charge in [-0.25, -0.2) is 4.68 Å². The molecule has 0 aliphatic heterocycles. The average Bonchev–Trinajstić information content (AvgIpc) is 3.02. The van der Waals surface area contributed by atoms with Gasteiger partial charge in [-0.05, 0) is 25.1 Å². The van der Waals surface area contributed by atoms with E-state index in [1.165, 1.54) is 13.2 Å². The molecule has 0 saturated heterocycles. The molecular formula is C17H19N3O3. The normalized spacial score (nSPS) is 12.1. The van der Waals surface area contributed by atoms with Crippen LogP contribution in [0.3, 0.4) is 0 Å². The molecule has 0 bridgehead atoms. The zero-order valence-corrected chi connectivity index (χ0v) is 13.1. The highest BCUT2D eigenvalue weighted by atomic mass is 16.5. The molecule has 0 aliphatic carbocycles. The van der Waals surface area contributed by atoms with Crippen molar-refractivity contribution in [1.82, 2.24) is 15.1 Å².